The number of unbranched alkanes of at least 4 members (excludes halogenated alkanes) is 3. The Morgan fingerprint density at radius 1 is 1.23 bits per heavy atom. The van der Waals surface area contributed by atoms with Gasteiger partial charge < -0.3 is 25.2 Å². The van der Waals surface area contributed by atoms with Crippen LogP contribution < -0.4 is 0 Å². The summed E-state index contributed by atoms with van der Waals surface area (Å²) in [6, 6.07) is 0. The van der Waals surface area contributed by atoms with E-state index in [-0.39, 0.29) is 37.1 Å². The second kappa shape index (κ2) is 15.3. The molecular formula is C23H38O7. The van der Waals surface area contributed by atoms with Gasteiger partial charge in [-0.25, -0.2) is 0 Å². The molecule has 7 heteroatoms. The van der Waals surface area contributed by atoms with Crippen LogP contribution in [0.5, 0.6) is 0 Å². The second-order valence-electron chi connectivity index (χ2n) is 7.99. The van der Waals surface area contributed by atoms with E-state index in [1.54, 1.807) is 12.2 Å². The molecule has 30 heavy (non-hydrogen) atoms. The maximum Gasteiger partial charge on any atom is 0.305 e. The third-order valence-corrected chi connectivity index (χ3v) is 5.36. The van der Waals surface area contributed by atoms with Crippen molar-refractivity contribution >= 4 is 11.8 Å². The molecule has 0 saturated heterocycles. The van der Waals surface area contributed by atoms with Crippen LogP contribution in [0.1, 0.15) is 64.7 Å². The van der Waals surface area contributed by atoms with Crippen molar-refractivity contribution in [3.63, 3.8) is 0 Å². The fourth-order valence-electron chi connectivity index (χ4n) is 3.52. The first-order valence-corrected chi connectivity index (χ1v) is 11.1. The van der Waals surface area contributed by atoms with Gasteiger partial charge in [0.05, 0.1) is 18.8 Å². The van der Waals surface area contributed by atoms with Gasteiger partial charge in [-0.15, -0.1) is 0 Å². The normalized spacial score (nSPS) is 24.0. The summed E-state index contributed by atoms with van der Waals surface area (Å²) >= 11 is 0. The molecule has 1 saturated carbocycles. The lowest BCUT2D eigenvalue weighted by Gasteiger charge is -2.17. The van der Waals surface area contributed by atoms with Crippen LogP contribution >= 0.6 is 0 Å². The van der Waals surface area contributed by atoms with E-state index in [1.165, 1.54) is 0 Å². The largest absolute Gasteiger partial charge is 0.463 e. The van der Waals surface area contributed by atoms with Crippen molar-refractivity contribution in [2.45, 2.75) is 83.0 Å². The van der Waals surface area contributed by atoms with Crippen LogP contribution in [-0.4, -0.2) is 63.7 Å². The number of rotatable bonds is 15. The zero-order valence-corrected chi connectivity index (χ0v) is 18.0. The van der Waals surface area contributed by atoms with Gasteiger partial charge in [0.15, 0.2) is 0 Å². The number of ketones is 1. The molecule has 7 nitrogen and oxygen atoms in total. The van der Waals surface area contributed by atoms with Crippen molar-refractivity contribution in [1.29, 1.82) is 0 Å². The molecule has 0 heterocycles. The Hall–Kier alpha value is -1.54. The highest BCUT2D eigenvalue weighted by Crippen LogP contribution is 2.33. The Labute approximate surface area is 179 Å². The lowest BCUT2D eigenvalue weighted by atomic mass is 9.90. The van der Waals surface area contributed by atoms with Crippen LogP contribution in [0.3, 0.4) is 0 Å². The fraction of sp³-hybridized carbons (Fsp3) is 0.739. The van der Waals surface area contributed by atoms with Crippen molar-refractivity contribution in [2.75, 3.05) is 13.2 Å². The molecule has 5 unspecified atom stereocenters. The first-order valence-electron chi connectivity index (χ1n) is 11.1. The first-order chi connectivity index (χ1) is 14.4. The molecule has 0 amide bonds. The summed E-state index contributed by atoms with van der Waals surface area (Å²) in [5, 5.41) is 38.0. The van der Waals surface area contributed by atoms with Crippen molar-refractivity contribution < 1.29 is 34.8 Å². The van der Waals surface area contributed by atoms with Crippen LogP contribution in [-0.2, 0) is 14.3 Å². The van der Waals surface area contributed by atoms with Gasteiger partial charge >= 0.3 is 5.97 Å². The second-order valence-corrected chi connectivity index (χ2v) is 7.99. The number of carbonyl (C=O) groups is 2. The van der Waals surface area contributed by atoms with Crippen LogP contribution in [0.25, 0.3) is 0 Å². The lowest BCUT2D eigenvalue weighted by molar-refractivity contribution is -0.147. The predicted octanol–water partition coefficient (Wildman–Crippen LogP) is 2.06. The SMILES string of the molecule is CCCCCC(O)C=CC1C(=O)CC(O)C1CC=CCCCC(=O)OCC(O)CO. The number of esters is 1. The molecule has 172 valence electrons. The number of hydrogen-bond acceptors (Lipinski definition) is 7. The number of hydrogen-bond donors (Lipinski definition) is 4. The van der Waals surface area contributed by atoms with Crippen LogP contribution in [0.15, 0.2) is 24.3 Å². The van der Waals surface area contributed by atoms with Crippen LogP contribution in [0, 0.1) is 11.8 Å². The maximum atomic E-state index is 12.2. The number of Topliss-reactive ketones (excluding diaryl/α,β-unsaturated/α-hetero) is 1. The molecule has 0 aromatic carbocycles. The standard InChI is InChI=1S/C23H38O7/c1-2-3-6-9-17(25)12-13-20-19(21(27)14-22(20)28)10-7-4-5-8-11-23(29)30-16-18(26)15-24/h4,7,12-13,17-21,24-27H,2-3,5-6,8-11,14-16H2,1H3. The molecule has 0 aromatic heterocycles. The number of allylic oxidation sites excluding steroid dienone is 3. The minimum atomic E-state index is -1.05. The molecule has 0 spiro atoms. The maximum absolute atomic E-state index is 12.2. The molecule has 1 aliphatic carbocycles. The van der Waals surface area contributed by atoms with Gasteiger partial charge in [-0.3, -0.25) is 9.59 Å². The van der Waals surface area contributed by atoms with Gasteiger partial charge in [-0.2, -0.15) is 0 Å². The van der Waals surface area contributed by atoms with Gasteiger partial charge in [-0.1, -0.05) is 50.5 Å². The first kappa shape index (κ1) is 26.5. The average Bonchev–Trinajstić information content (AvgIpc) is 2.99. The van der Waals surface area contributed by atoms with Gasteiger partial charge in [0.25, 0.3) is 0 Å². The van der Waals surface area contributed by atoms with Gasteiger partial charge in [-0.05, 0) is 25.7 Å². The van der Waals surface area contributed by atoms with E-state index in [4.69, 9.17) is 14.9 Å². The zero-order valence-electron chi connectivity index (χ0n) is 18.0. The van der Waals surface area contributed by atoms with Crippen molar-refractivity contribution in [1.82, 2.24) is 0 Å². The topological polar surface area (TPSA) is 124 Å². The molecule has 4 N–H and O–H groups in total. The number of ether oxygens (including phenoxy) is 1. The smallest absolute Gasteiger partial charge is 0.305 e. The number of aliphatic hydroxyl groups is 4. The minimum absolute atomic E-state index is 0.00530. The molecule has 5 atom stereocenters. The Morgan fingerprint density at radius 3 is 2.70 bits per heavy atom. The molecule has 1 aliphatic rings. The summed E-state index contributed by atoms with van der Waals surface area (Å²) < 4.78 is 4.83. The molecule has 0 bridgehead atoms. The van der Waals surface area contributed by atoms with Gasteiger partial charge in [0, 0.05) is 24.7 Å². The van der Waals surface area contributed by atoms with E-state index in [2.05, 4.69) is 6.92 Å². The molecule has 1 fully saturated rings. The van der Waals surface area contributed by atoms with E-state index < -0.39 is 30.9 Å². The average molecular weight is 427 g/mol. The van der Waals surface area contributed by atoms with Crippen LogP contribution in [0.2, 0.25) is 0 Å². The van der Waals surface area contributed by atoms with Crippen molar-refractivity contribution in [3.05, 3.63) is 24.3 Å². The quantitative estimate of drug-likeness (QED) is 0.179. The molecular weight excluding hydrogens is 388 g/mol. The highest BCUT2D eigenvalue weighted by molar-refractivity contribution is 5.86. The third-order valence-electron chi connectivity index (χ3n) is 5.36. The summed E-state index contributed by atoms with van der Waals surface area (Å²) in [5.74, 6) is -0.989. The summed E-state index contributed by atoms with van der Waals surface area (Å²) in [6.45, 7) is 1.45. The van der Waals surface area contributed by atoms with E-state index >= 15 is 0 Å². The van der Waals surface area contributed by atoms with Gasteiger partial charge in [0.1, 0.15) is 18.5 Å². The van der Waals surface area contributed by atoms with Crippen molar-refractivity contribution in [2.24, 2.45) is 11.8 Å². The number of aliphatic hydroxyl groups excluding tert-OH is 4. The minimum Gasteiger partial charge on any atom is -0.463 e. The lowest BCUT2D eigenvalue weighted by Crippen LogP contribution is -2.21. The van der Waals surface area contributed by atoms with Gasteiger partial charge in [0.2, 0.25) is 0 Å². The Balaban J connectivity index is 2.37. The summed E-state index contributed by atoms with van der Waals surface area (Å²) in [4.78, 5) is 23.7. The molecule has 1 rings (SSSR count). The third kappa shape index (κ3) is 10.5. The molecule has 0 aliphatic heterocycles. The van der Waals surface area contributed by atoms with Crippen molar-refractivity contribution in [3.8, 4) is 0 Å². The van der Waals surface area contributed by atoms with E-state index in [1.807, 2.05) is 12.2 Å². The fourth-order valence-corrected chi connectivity index (χ4v) is 3.52. The number of carbonyl (C=O) groups excluding carboxylic acids is 2. The summed E-state index contributed by atoms with van der Waals surface area (Å²) in [6.07, 6.45) is 11.0. The summed E-state index contributed by atoms with van der Waals surface area (Å²) in [5.41, 5.74) is 0. The highest BCUT2D eigenvalue weighted by Gasteiger charge is 2.39. The Bertz CT molecular complexity index is 558. The Kier molecular flexibility index (Phi) is 13.5. The van der Waals surface area contributed by atoms with E-state index in [0.29, 0.717) is 25.7 Å². The monoisotopic (exact) mass is 426 g/mol. The zero-order chi connectivity index (χ0) is 22.4. The van der Waals surface area contributed by atoms with E-state index in [0.717, 1.165) is 19.3 Å². The highest BCUT2D eigenvalue weighted by atomic mass is 16.5. The Morgan fingerprint density at radius 2 is 2.00 bits per heavy atom. The summed E-state index contributed by atoms with van der Waals surface area (Å²) in [7, 11) is 0. The molecule has 0 aromatic rings. The van der Waals surface area contributed by atoms with Crippen LogP contribution in [0.4, 0.5) is 0 Å². The molecule has 0 radical (unpaired) electrons. The van der Waals surface area contributed by atoms with E-state index in [9.17, 15) is 19.8 Å². The predicted molar refractivity (Wildman–Crippen MR) is 114 cm³/mol.